The second kappa shape index (κ2) is 13.0. The first kappa shape index (κ1) is 24.8. The lowest BCUT2D eigenvalue weighted by molar-refractivity contribution is -0.317. The van der Waals surface area contributed by atoms with E-state index >= 15 is 0 Å². The summed E-state index contributed by atoms with van der Waals surface area (Å²) in [5, 5.41) is 49.7. The number of aliphatic hydroxyl groups is 5. The highest BCUT2D eigenvalue weighted by Gasteiger charge is 2.51. The van der Waals surface area contributed by atoms with Crippen LogP contribution in [0.1, 0.15) is 84.0 Å². The Kier molecular flexibility index (Phi) is 12.0. The minimum absolute atomic E-state index is 0.0348. The summed E-state index contributed by atoms with van der Waals surface area (Å²) in [6.45, 7) is 1.68. The van der Waals surface area contributed by atoms with E-state index in [4.69, 9.17) is 10.5 Å². The summed E-state index contributed by atoms with van der Waals surface area (Å²) < 4.78 is 5.33. The Hall–Kier alpha value is -0.280. The Labute approximate surface area is 163 Å². The van der Waals surface area contributed by atoms with Crippen molar-refractivity contribution < 1.29 is 30.3 Å². The maximum Gasteiger partial charge on any atom is 0.184 e. The molecule has 0 saturated carbocycles. The SMILES string of the molecule is CCCCCCCCCCCC(O)CCC1(O)O[C@H](CO)[C@@H](O)[C@H](O)[C@H]1N. The van der Waals surface area contributed by atoms with Crippen molar-refractivity contribution in [1.82, 2.24) is 0 Å². The Morgan fingerprint density at radius 3 is 2.04 bits per heavy atom. The maximum atomic E-state index is 10.6. The molecular weight excluding hydrogens is 350 g/mol. The van der Waals surface area contributed by atoms with Gasteiger partial charge < -0.3 is 36.0 Å². The largest absolute Gasteiger partial charge is 0.394 e. The minimum Gasteiger partial charge on any atom is -0.394 e. The third kappa shape index (κ3) is 8.31. The number of hydrogen-bond donors (Lipinski definition) is 6. The zero-order valence-corrected chi connectivity index (χ0v) is 16.8. The van der Waals surface area contributed by atoms with E-state index in [1.54, 1.807) is 0 Å². The first-order chi connectivity index (χ1) is 12.9. The molecule has 0 spiro atoms. The van der Waals surface area contributed by atoms with Gasteiger partial charge in [-0.25, -0.2) is 0 Å². The number of unbranched alkanes of at least 4 members (excludes halogenated alkanes) is 8. The molecule has 6 atom stereocenters. The van der Waals surface area contributed by atoms with Crippen LogP contribution >= 0.6 is 0 Å². The van der Waals surface area contributed by atoms with Gasteiger partial charge in [0.1, 0.15) is 18.3 Å². The summed E-state index contributed by atoms with van der Waals surface area (Å²) in [5.41, 5.74) is 5.80. The monoisotopic (exact) mass is 391 g/mol. The van der Waals surface area contributed by atoms with Crippen molar-refractivity contribution >= 4 is 0 Å². The molecule has 1 fully saturated rings. The van der Waals surface area contributed by atoms with E-state index in [0.29, 0.717) is 6.42 Å². The minimum atomic E-state index is -1.87. The smallest absolute Gasteiger partial charge is 0.184 e. The highest BCUT2D eigenvalue weighted by molar-refractivity contribution is 4.98. The normalized spacial score (nSPS) is 32.6. The summed E-state index contributed by atoms with van der Waals surface area (Å²) in [7, 11) is 0. The van der Waals surface area contributed by atoms with Crippen LogP contribution in [0.2, 0.25) is 0 Å². The van der Waals surface area contributed by atoms with E-state index in [9.17, 15) is 25.5 Å². The predicted molar refractivity (Wildman–Crippen MR) is 104 cm³/mol. The van der Waals surface area contributed by atoms with Gasteiger partial charge in [-0.15, -0.1) is 0 Å². The molecule has 0 aromatic carbocycles. The summed E-state index contributed by atoms with van der Waals surface area (Å²) in [5.74, 6) is -1.87. The quantitative estimate of drug-likeness (QED) is 0.245. The number of hydrogen-bond acceptors (Lipinski definition) is 7. The van der Waals surface area contributed by atoms with Crippen LogP contribution < -0.4 is 5.73 Å². The summed E-state index contributed by atoms with van der Waals surface area (Å²) in [6.07, 6.45) is 7.49. The van der Waals surface area contributed by atoms with Crippen molar-refractivity contribution in [3.05, 3.63) is 0 Å². The van der Waals surface area contributed by atoms with Crippen molar-refractivity contribution in [3.8, 4) is 0 Å². The molecular formula is C20H41NO6. The van der Waals surface area contributed by atoms with E-state index < -0.39 is 42.9 Å². The van der Waals surface area contributed by atoms with Crippen molar-refractivity contribution in [2.45, 2.75) is 120 Å². The number of nitrogens with two attached hydrogens (primary N) is 1. The standard InChI is InChI=1S/C20H41NO6/c1-2-3-4-5-6-7-8-9-10-11-15(23)12-13-20(26)19(21)18(25)17(24)16(14-22)27-20/h15-19,22-26H,2-14,21H2,1H3/t15?,16-,17-,18+,19-,20?/m1/s1. The van der Waals surface area contributed by atoms with Crippen LogP contribution in [0.5, 0.6) is 0 Å². The van der Waals surface area contributed by atoms with Crippen molar-refractivity contribution in [2.24, 2.45) is 5.73 Å². The third-order valence-electron chi connectivity index (χ3n) is 5.63. The molecule has 0 bridgehead atoms. The van der Waals surface area contributed by atoms with E-state index in [2.05, 4.69) is 6.92 Å². The molecule has 1 heterocycles. The van der Waals surface area contributed by atoms with Gasteiger partial charge in [0.05, 0.1) is 18.8 Å². The average Bonchev–Trinajstić information content (AvgIpc) is 2.66. The van der Waals surface area contributed by atoms with Gasteiger partial charge in [0, 0.05) is 6.42 Å². The maximum absolute atomic E-state index is 10.6. The molecule has 7 heteroatoms. The van der Waals surface area contributed by atoms with E-state index in [-0.39, 0.29) is 12.8 Å². The topological polar surface area (TPSA) is 136 Å². The van der Waals surface area contributed by atoms with Crippen LogP contribution in [-0.4, -0.2) is 68.4 Å². The van der Waals surface area contributed by atoms with Crippen LogP contribution in [0.3, 0.4) is 0 Å². The van der Waals surface area contributed by atoms with E-state index in [1.165, 1.54) is 44.9 Å². The summed E-state index contributed by atoms with van der Waals surface area (Å²) in [6, 6.07) is -1.20. The summed E-state index contributed by atoms with van der Waals surface area (Å²) >= 11 is 0. The third-order valence-corrected chi connectivity index (χ3v) is 5.63. The van der Waals surface area contributed by atoms with Crippen LogP contribution in [0.25, 0.3) is 0 Å². The number of ether oxygens (including phenoxy) is 1. The highest BCUT2D eigenvalue weighted by atomic mass is 16.6. The second-order valence-corrected chi connectivity index (χ2v) is 8.00. The lowest BCUT2D eigenvalue weighted by Crippen LogP contribution is -2.68. The Bertz CT molecular complexity index is 383. The molecule has 0 aromatic heterocycles. The molecule has 0 aromatic rings. The molecule has 7 N–H and O–H groups in total. The number of aliphatic hydroxyl groups excluding tert-OH is 4. The van der Waals surface area contributed by atoms with Crippen molar-refractivity contribution in [1.29, 1.82) is 0 Å². The molecule has 1 aliphatic heterocycles. The zero-order chi connectivity index (χ0) is 20.3. The molecule has 0 amide bonds. The molecule has 1 saturated heterocycles. The van der Waals surface area contributed by atoms with Gasteiger partial charge >= 0.3 is 0 Å². The highest BCUT2D eigenvalue weighted by Crippen LogP contribution is 2.31. The summed E-state index contributed by atoms with van der Waals surface area (Å²) in [4.78, 5) is 0. The first-order valence-electron chi connectivity index (χ1n) is 10.7. The Morgan fingerprint density at radius 2 is 1.48 bits per heavy atom. The fraction of sp³-hybridized carbons (Fsp3) is 1.00. The van der Waals surface area contributed by atoms with Crippen molar-refractivity contribution in [3.63, 3.8) is 0 Å². The van der Waals surface area contributed by atoms with Crippen LogP contribution in [0, 0.1) is 0 Å². The second-order valence-electron chi connectivity index (χ2n) is 8.00. The van der Waals surface area contributed by atoms with Gasteiger partial charge in [-0.1, -0.05) is 64.7 Å². The van der Waals surface area contributed by atoms with Gasteiger partial charge in [0.2, 0.25) is 0 Å². The van der Waals surface area contributed by atoms with Gasteiger partial charge in [0.15, 0.2) is 5.79 Å². The van der Waals surface area contributed by atoms with Gasteiger partial charge in [0.25, 0.3) is 0 Å². The molecule has 0 aliphatic carbocycles. The van der Waals surface area contributed by atoms with Crippen LogP contribution in [0.15, 0.2) is 0 Å². The zero-order valence-electron chi connectivity index (χ0n) is 16.8. The predicted octanol–water partition coefficient (Wildman–Crippen LogP) is 1.18. The van der Waals surface area contributed by atoms with Gasteiger partial charge in [-0.3, -0.25) is 0 Å². The Morgan fingerprint density at radius 1 is 0.926 bits per heavy atom. The van der Waals surface area contributed by atoms with Crippen LogP contribution in [-0.2, 0) is 4.74 Å². The van der Waals surface area contributed by atoms with E-state index in [0.717, 1.165) is 12.8 Å². The van der Waals surface area contributed by atoms with E-state index in [1.807, 2.05) is 0 Å². The number of rotatable bonds is 14. The van der Waals surface area contributed by atoms with Crippen molar-refractivity contribution in [2.75, 3.05) is 6.61 Å². The molecule has 7 nitrogen and oxygen atoms in total. The van der Waals surface area contributed by atoms with Crippen LogP contribution in [0.4, 0.5) is 0 Å². The fourth-order valence-electron chi connectivity index (χ4n) is 3.69. The Balaban J connectivity index is 2.20. The molecule has 27 heavy (non-hydrogen) atoms. The molecule has 1 rings (SSSR count). The van der Waals surface area contributed by atoms with Gasteiger partial charge in [-0.2, -0.15) is 0 Å². The molecule has 162 valence electrons. The van der Waals surface area contributed by atoms with Gasteiger partial charge in [-0.05, 0) is 12.8 Å². The lowest BCUT2D eigenvalue weighted by Gasteiger charge is -2.46. The average molecular weight is 392 g/mol. The fourth-order valence-corrected chi connectivity index (χ4v) is 3.69. The molecule has 2 unspecified atom stereocenters. The first-order valence-corrected chi connectivity index (χ1v) is 10.7. The molecule has 1 aliphatic rings. The lowest BCUT2D eigenvalue weighted by atomic mass is 9.87. The molecule has 0 radical (unpaired) electrons.